The van der Waals surface area contributed by atoms with Crippen LogP contribution in [0.1, 0.15) is 21.5 Å². The first kappa shape index (κ1) is 14.9. The van der Waals surface area contributed by atoms with Crippen LogP contribution in [0.4, 0.5) is 11.5 Å². The van der Waals surface area contributed by atoms with Crippen molar-refractivity contribution >= 4 is 29.0 Å². The largest absolute Gasteiger partial charge is 0.311 e. The number of carbonyl (C=O) groups is 1. The standard InChI is InChI=1S/C14H12ClN3O3/c1-8-3-4-10(9(2)7-8)14(19)17-13-11(18(20)21)5-6-12(15)16-13/h3-7H,1-2H3,(H,16,17,19). The summed E-state index contributed by atoms with van der Waals surface area (Å²) in [4.78, 5) is 26.3. The molecule has 1 aromatic carbocycles. The van der Waals surface area contributed by atoms with E-state index in [-0.39, 0.29) is 16.7 Å². The lowest BCUT2D eigenvalue weighted by Gasteiger charge is -2.08. The highest BCUT2D eigenvalue weighted by Crippen LogP contribution is 2.24. The van der Waals surface area contributed by atoms with Gasteiger partial charge in [0.1, 0.15) is 5.15 Å². The number of nitrogens with one attached hydrogen (secondary N) is 1. The van der Waals surface area contributed by atoms with Crippen LogP contribution in [0.15, 0.2) is 30.3 Å². The van der Waals surface area contributed by atoms with E-state index in [0.717, 1.165) is 11.1 Å². The van der Waals surface area contributed by atoms with Gasteiger partial charge in [-0.3, -0.25) is 14.9 Å². The number of hydrogen-bond donors (Lipinski definition) is 1. The summed E-state index contributed by atoms with van der Waals surface area (Å²) in [6.07, 6.45) is 0. The minimum Gasteiger partial charge on any atom is -0.301 e. The maximum atomic E-state index is 12.2. The molecule has 0 spiro atoms. The average molecular weight is 306 g/mol. The topological polar surface area (TPSA) is 85.1 Å². The van der Waals surface area contributed by atoms with Gasteiger partial charge in [0.05, 0.1) is 4.92 Å². The van der Waals surface area contributed by atoms with Gasteiger partial charge in [-0.15, -0.1) is 0 Å². The molecule has 1 amide bonds. The average Bonchev–Trinajstić information content (AvgIpc) is 2.37. The van der Waals surface area contributed by atoms with Crippen molar-refractivity contribution in [1.29, 1.82) is 0 Å². The van der Waals surface area contributed by atoms with Crippen LogP contribution in [0.25, 0.3) is 0 Å². The second-order valence-corrected chi connectivity index (χ2v) is 4.92. The maximum Gasteiger partial charge on any atom is 0.311 e. The number of benzene rings is 1. The third-order valence-corrected chi connectivity index (χ3v) is 3.11. The van der Waals surface area contributed by atoms with Crippen molar-refractivity contribution in [2.24, 2.45) is 0 Å². The van der Waals surface area contributed by atoms with E-state index >= 15 is 0 Å². The molecule has 1 heterocycles. The zero-order valence-corrected chi connectivity index (χ0v) is 12.1. The molecule has 21 heavy (non-hydrogen) atoms. The third-order valence-electron chi connectivity index (χ3n) is 2.90. The van der Waals surface area contributed by atoms with Gasteiger partial charge in [0.15, 0.2) is 0 Å². The van der Waals surface area contributed by atoms with Crippen LogP contribution < -0.4 is 5.32 Å². The number of nitrogens with zero attached hydrogens (tertiary/aromatic N) is 2. The van der Waals surface area contributed by atoms with E-state index < -0.39 is 10.8 Å². The Morgan fingerprint density at radius 2 is 2.00 bits per heavy atom. The van der Waals surface area contributed by atoms with Gasteiger partial charge in [-0.2, -0.15) is 0 Å². The van der Waals surface area contributed by atoms with Crippen molar-refractivity contribution < 1.29 is 9.72 Å². The Bertz CT molecular complexity index is 731. The van der Waals surface area contributed by atoms with Gasteiger partial charge >= 0.3 is 5.69 Å². The lowest BCUT2D eigenvalue weighted by Crippen LogP contribution is -2.15. The number of hydrogen-bond acceptors (Lipinski definition) is 4. The van der Waals surface area contributed by atoms with Gasteiger partial charge in [0, 0.05) is 11.6 Å². The monoisotopic (exact) mass is 305 g/mol. The molecular weight excluding hydrogens is 294 g/mol. The molecule has 0 atom stereocenters. The van der Waals surface area contributed by atoms with Crippen molar-refractivity contribution in [1.82, 2.24) is 4.98 Å². The first-order valence-corrected chi connectivity index (χ1v) is 6.46. The van der Waals surface area contributed by atoms with Gasteiger partial charge in [0.25, 0.3) is 5.91 Å². The van der Waals surface area contributed by atoms with Crippen molar-refractivity contribution in [3.05, 3.63) is 62.3 Å². The zero-order chi connectivity index (χ0) is 15.6. The van der Waals surface area contributed by atoms with E-state index in [9.17, 15) is 14.9 Å². The summed E-state index contributed by atoms with van der Waals surface area (Å²) >= 11 is 5.72. The van der Waals surface area contributed by atoms with E-state index in [0.29, 0.717) is 5.56 Å². The first-order valence-electron chi connectivity index (χ1n) is 6.08. The number of aromatic nitrogens is 1. The highest BCUT2D eigenvalue weighted by molar-refractivity contribution is 6.29. The van der Waals surface area contributed by atoms with Crippen molar-refractivity contribution in [3.63, 3.8) is 0 Å². The smallest absolute Gasteiger partial charge is 0.301 e. The Morgan fingerprint density at radius 1 is 1.29 bits per heavy atom. The number of aryl methyl sites for hydroxylation is 2. The molecule has 0 unspecified atom stereocenters. The summed E-state index contributed by atoms with van der Waals surface area (Å²) in [7, 11) is 0. The fourth-order valence-corrected chi connectivity index (χ4v) is 2.06. The summed E-state index contributed by atoms with van der Waals surface area (Å²) in [5.41, 5.74) is 1.92. The Balaban J connectivity index is 2.35. The molecule has 6 nitrogen and oxygen atoms in total. The lowest BCUT2D eigenvalue weighted by molar-refractivity contribution is -0.384. The number of halogens is 1. The number of amides is 1. The Labute approximate surface area is 125 Å². The third kappa shape index (κ3) is 3.35. The Kier molecular flexibility index (Phi) is 4.18. The van der Waals surface area contributed by atoms with E-state index in [1.165, 1.54) is 12.1 Å². The first-order chi connectivity index (χ1) is 9.88. The van der Waals surface area contributed by atoms with E-state index in [1.807, 2.05) is 13.0 Å². The molecule has 0 saturated carbocycles. The molecule has 0 fully saturated rings. The predicted octanol–water partition coefficient (Wildman–Crippen LogP) is 3.51. The molecule has 1 aromatic heterocycles. The van der Waals surface area contributed by atoms with E-state index in [2.05, 4.69) is 10.3 Å². The van der Waals surface area contributed by atoms with Gasteiger partial charge in [-0.25, -0.2) is 4.98 Å². The molecule has 0 saturated heterocycles. The predicted molar refractivity (Wildman–Crippen MR) is 79.8 cm³/mol. The van der Waals surface area contributed by atoms with E-state index in [4.69, 9.17) is 11.6 Å². The van der Waals surface area contributed by atoms with Crippen LogP contribution in [0.2, 0.25) is 5.15 Å². The Hall–Kier alpha value is -2.47. The number of pyridine rings is 1. The van der Waals surface area contributed by atoms with Crippen LogP contribution in [0.3, 0.4) is 0 Å². The molecule has 0 aliphatic carbocycles. The fraction of sp³-hybridized carbons (Fsp3) is 0.143. The number of anilines is 1. The zero-order valence-electron chi connectivity index (χ0n) is 11.4. The summed E-state index contributed by atoms with van der Waals surface area (Å²) in [5.74, 6) is -0.636. The normalized spacial score (nSPS) is 10.2. The molecule has 1 N–H and O–H groups in total. The summed E-state index contributed by atoms with van der Waals surface area (Å²) in [6, 6.07) is 7.81. The molecule has 2 rings (SSSR count). The lowest BCUT2D eigenvalue weighted by atomic mass is 10.1. The van der Waals surface area contributed by atoms with Crippen LogP contribution >= 0.6 is 11.6 Å². The minimum atomic E-state index is -0.624. The fourth-order valence-electron chi connectivity index (χ4n) is 1.91. The van der Waals surface area contributed by atoms with Gasteiger partial charge in [-0.1, -0.05) is 29.3 Å². The van der Waals surface area contributed by atoms with Crippen LogP contribution in [0.5, 0.6) is 0 Å². The van der Waals surface area contributed by atoms with Crippen molar-refractivity contribution in [2.45, 2.75) is 13.8 Å². The van der Waals surface area contributed by atoms with E-state index in [1.54, 1.807) is 19.1 Å². The number of rotatable bonds is 3. The van der Waals surface area contributed by atoms with Crippen LogP contribution in [0, 0.1) is 24.0 Å². The molecule has 7 heteroatoms. The number of nitro groups is 1. The molecule has 2 aromatic rings. The summed E-state index contributed by atoms with van der Waals surface area (Å²) < 4.78 is 0. The molecule has 108 valence electrons. The van der Waals surface area contributed by atoms with Crippen LogP contribution in [-0.2, 0) is 0 Å². The van der Waals surface area contributed by atoms with Crippen molar-refractivity contribution in [2.75, 3.05) is 5.32 Å². The maximum absolute atomic E-state index is 12.2. The molecule has 0 radical (unpaired) electrons. The quantitative estimate of drug-likeness (QED) is 0.534. The van der Waals surface area contributed by atoms with Gasteiger partial charge < -0.3 is 5.32 Å². The second kappa shape index (κ2) is 5.88. The highest BCUT2D eigenvalue weighted by Gasteiger charge is 2.19. The Morgan fingerprint density at radius 3 is 2.62 bits per heavy atom. The second-order valence-electron chi connectivity index (χ2n) is 4.53. The summed E-state index contributed by atoms with van der Waals surface area (Å²) in [5, 5.41) is 13.4. The van der Waals surface area contributed by atoms with Crippen LogP contribution in [-0.4, -0.2) is 15.8 Å². The van der Waals surface area contributed by atoms with Crippen molar-refractivity contribution in [3.8, 4) is 0 Å². The molecule has 0 bridgehead atoms. The number of carbonyl (C=O) groups excluding carboxylic acids is 1. The minimum absolute atomic E-state index is 0.0662. The highest BCUT2D eigenvalue weighted by atomic mass is 35.5. The van der Waals surface area contributed by atoms with Gasteiger partial charge in [-0.05, 0) is 31.5 Å². The molecular formula is C14H12ClN3O3. The SMILES string of the molecule is Cc1ccc(C(=O)Nc2nc(Cl)ccc2[N+](=O)[O-])c(C)c1. The summed E-state index contributed by atoms with van der Waals surface area (Å²) in [6.45, 7) is 3.71. The molecule has 0 aliphatic heterocycles. The van der Waals surface area contributed by atoms with Gasteiger partial charge in [0.2, 0.25) is 5.82 Å². The molecule has 0 aliphatic rings.